The van der Waals surface area contributed by atoms with Crippen LogP contribution in [0.3, 0.4) is 0 Å². The van der Waals surface area contributed by atoms with Crippen molar-refractivity contribution in [2.75, 3.05) is 47.5 Å². The summed E-state index contributed by atoms with van der Waals surface area (Å²) < 4.78 is 16.4. The molecular formula is C16H26Cl2N2O3. The average molecular weight is 365 g/mol. The summed E-state index contributed by atoms with van der Waals surface area (Å²) in [6.45, 7) is 7.89. The fourth-order valence-corrected chi connectivity index (χ4v) is 2.73. The molecule has 1 aromatic carbocycles. The normalized spacial score (nSPS) is 15.6. The Morgan fingerprint density at radius 2 is 1.57 bits per heavy atom. The minimum absolute atomic E-state index is 0. The minimum atomic E-state index is 0. The molecule has 0 spiro atoms. The summed E-state index contributed by atoms with van der Waals surface area (Å²) in [6, 6.07) is 3.83. The molecule has 132 valence electrons. The second kappa shape index (κ2) is 10.6. The topological polar surface area (TPSA) is 43.0 Å². The van der Waals surface area contributed by atoms with E-state index in [0.717, 1.165) is 49.0 Å². The van der Waals surface area contributed by atoms with Crippen molar-refractivity contribution in [3.05, 3.63) is 30.4 Å². The van der Waals surface area contributed by atoms with Gasteiger partial charge in [0.1, 0.15) is 17.2 Å². The van der Waals surface area contributed by atoms with E-state index in [1.54, 1.807) is 21.3 Å². The fraction of sp³-hybridized carbons (Fsp3) is 0.500. The molecule has 0 aromatic heterocycles. The molecule has 1 aliphatic heterocycles. The van der Waals surface area contributed by atoms with Crippen LogP contribution >= 0.6 is 24.8 Å². The maximum atomic E-state index is 5.55. The Kier molecular flexibility index (Phi) is 10.1. The first-order valence-electron chi connectivity index (χ1n) is 7.12. The lowest BCUT2D eigenvalue weighted by molar-refractivity contribution is 0.197. The molecule has 1 saturated heterocycles. The van der Waals surface area contributed by atoms with E-state index < -0.39 is 0 Å². The van der Waals surface area contributed by atoms with Crippen LogP contribution in [0.5, 0.6) is 17.2 Å². The first kappa shape index (κ1) is 21.9. The number of ether oxygens (including phenoxy) is 3. The van der Waals surface area contributed by atoms with Crippen LogP contribution in [0.4, 0.5) is 0 Å². The van der Waals surface area contributed by atoms with Gasteiger partial charge >= 0.3 is 0 Å². The summed E-state index contributed by atoms with van der Waals surface area (Å²) in [6.07, 6.45) is 1.94. The summed E-state index contributed by atoms with van der Waals surface area (Å²) in [5.74, 6) is 2.24. The standard InChI is InChI=1S/C16H24N2O3.2ClH/c1-5-13(18-8-6-17-7-9-18)16-14(20-3)10-12(19-2)11-15(16)21-4;;/h5,10-11,13,17H,1,6-9H2,2-4H3;2*1H/t13-;;/m0../s1. The highest BCUT2D eigenvalue weighted by Gasteiger charge is 2.26. The van der Waals surface area contributed by atoms with Gasteiger partial charge in [-0.1, -0.05) is 6.08 Å². The second-order valence-corrected chi connectivity index (χ2v) is 4.91. The number of nitrogens with one attached hydrogen (secondary N) is 1. The maximum Gasteiger partial charge on any atom is 0.131 e. The van der Waals surface area contributed by atoms with Crippen LogP contribution in [0.15, 0.2) is 24.8 Å². The molecule has 0 radical (unpaired) electrons. The number of benzene rings is 1. The van der Waals surface area contributed by atoms with Gasteiger partial charge in [0.05, 0.1) is 32.9 Å². The van der Waals surface area contributed by atoms with Crippen molar-refractivity contribution in [3.63, 3.8) is 0 Å². The minimum Gasteiger partial charge on any atom is -0.496 e. The Labute approximate surface area is 150 Å². The van der Waals surface area contributed by atoms with Gasteiger partial charge < -0.3 is 19.5 Å². The van der Waals surface area contributed by atoms with Crippen LogP contribution in [-0.2, 0) is 0 Å². The van der Waals surface area contributed by atoms with Crippen LogP contribution < -0.4 is 19.5 Å². The molecule has 2 rings (SSSR count). The number of hydrogen-bond acceptors (Lipinski definition) is 5. The zero-order valence-electron chi connectivity index (χ0n) is 13.8. The van der Waals surface area contributed by atoms with Gasteiger partial charge in [0.25, 0.3) is 0 Å². The Balaban J connectivity index is 0.00000242. The van der Waals surface area contributed by atoms with Gasteiger partial charge in [0.15, 0.2) is 0 Å². The first-order chi connectivity index (χ1) is 10.2. The SMILES string of the molecule is C=C[C@@H](c1c(OC)cc(OC)cc1OC)N1CCNCC1.Cl.Cl. The van der Waals surface area contributed by atoms with Crippen LogP contribution in [0.25, 0.3) is 0 Å². The molecule has 1 fully saturated rings. The van der Waals surface area contributed by atoms with Gasteiger partial charge in [-0.25, -0.2) is 0 Å². The number of nitrogens with zero attached hydrogens (tertiary/aromatic N) is 1. The number of methoxy groups -OCH3 is 3. The van der Waals surface area contributed by atoms with Gasteiger partial charge in [-0.3, -0.25) is 4.90 Å². The molecule has 1 heterocycles. The zero-order chi connectivity index (χ0) is 15.2. The largest absolute Gasteiger partial charge is 0.496 e. The number of halogens is 2. The molecule has 1 aliphatic rings. The lowest BCUT2D eigenvalue weighted by Gasteiger charge is -2.34. The maximum absolute atomic E-state index is 5.55. The highest BCUT2D eigenvalue weighted by Crippen LogP contribution is 2.41. The lowest BCUT2D eigenvalue weighted by Crippen LogP contribution is -2.44. The van der Waals surface area contributed by atoms with E-state index in [4.69, 9.17) is 14.2 Å². The van der Waals surface area contributed by atoms with E-state index in [2.05, 4.69) is 16.8 Å². The van der Waals surface area contributed by atoms with Crippen LogP contribution in [0.2, 0.25) is 0 Å². The molecule has 0 saturated carbocycles. The third kappa shape index (κ3) is 4.91. The van der Waals surface area contributed by atoms with Crippen LogP contribution in [0, 0.1) is 0 Å². The summed E-state index contributed by atoms with van der Waals surface area (Å²) in [4.78, 5) is 2.37. The van der Waals surface area contributed by atoms with Crippen molar-refractivity contribution in [3.8, 4) is 17.2 Å². The van der Waals surface area contributed by atoms with E-state index in [1.165, 1.54) is 0 Å². The molecular weight excluding hydrogens is 339 g/mol. The molecule has 1 aromatic rings. The molecule has 0 amide bonds. The van der Waals surface area contributed by atoms with Crippen molar-refractivity contribution in [1.82, 2.24) is 10.2 Å². The summed E-state index contributed by atoms with van der Waals surface area (Å²) in [5.41, 5.74) is 0.998. The molecule has 0 unspecified atom stereocenters. The average Bonchev–Trinajstić information content (AvgIpc) is 2.56. The summed E-state index contributed by atoms with van der Waals surface area (Å²) in [5, 5.41) is 3.36. The quantitative estimate of drug-likeness (QED) is 0.786. The van der Waals surface area contributed by atoms with Crippen molar-refractivity contribution < 1.29 is 14.2 Å². The van der Waals surface area contributed by atoms with Crippen molar-refractivity contribution >= 4 is 24.8 Å². The van der Waals surface area contributed by atoms with E-state index in [-0.39, 0.29) is 30.9 Å². The molecule has 23 heavy (non-hydrogen) atoms. The predicted octanol–water partition coefficient (Wildman–Crippen LogP) is 2.69. The van der Waals surface area contributed by atoms with Crippen molar-refractivity contribution in [1.29, 1.82) is 0 Å². The van der Waals surface area contributed by atoms with E-state index >= 15 is 0 Å². The number of hydrogen-bond donors (Lipinski definition) is 1. The molecule has 1 atom stereocenters. The number of rotatable bonds is 6. The Bertz CT molecular complexity index is 469. The molecule has 5 nitrogen and oxygen atoms in total. The van der Waals surface area contributed by atoms with Gasteiger partial charge in [-0.05, 0) is 0 Å². The summed E-state index contributed by atoms with van der Waals surface area (Å²) in [7, 11) is 4.96. The van der Waals surface area contributed by atoms with E-state index in [9.17, 15) is 0 Å². The van der Waals surface area contributed by atoms with E-state index in [1.807, 2.05) is 18.2 Å². The monoisotopic (exact) mass is 364 g/mol. The number of piperazine rings is 1. The van der Waals surface area contributed by atoms with Crippen molar-refractivity contribution in [2.24, 2.45) is 0 Å². The fourth-order valence-electron chi connectivity index (χ4n) is 2.73. The first-order valence-corrected chi connectivity index (χ1v) is 7.12. The van der Waals surface area contributed by atoms with Gasteiger partial charge in [-0.15, -0.1) is 31.4 Å². The van der Waals surface area contributed by atoms with Gasteiger partial charge in [0.2, 0.25) is 0 Å². The van der Waals surface area contributed by atoms with Crippen molar-refractivity contribution in [2.45, 2.75) is 6.04 Å². The third-order valence-electron chi connectivity index (χ3n) is 3.82. The Hall–Kier alpha value is -1.14. The molecule has 0 bridgehead atoms. The highest BCUT2D eigenvalue weighted by atomic mass is 35.5. The highest BCUT2D eigenvalue weighted by molar-refractivity contribution is 5.85. The molecule has 1 N–H and O–H groups in total. The smallest absolute Gasteiger partial charge is 0.131 e. The third-order valence-corrected chi connectivity index (χ3v) is 3.82. The Morgan fingerprint density at radius 3 is 1.96 bits per heavy atom. The second-order valence-electron chi connectivity index (χ2n) is 4.91. The summed E-state index contributed by atoms with van der Waals surface area (Å²) >= 11 is 0. The molecule has 7 heteroatoms. The van der Waals surface area contributed by atoms with Gasteiger partial charge in [-0.2, -0.15) is 0 Å². The van der Waals surface area contributed by atoms with Crippen LogP contribution in [-0.4, -0.2) is 52.4 Å². The lowest BCUT2D eigenvalue weighted by atomic mass is 10.0. The van der Waals surface area contributed by atoms with Gasteiger partial charge in [0, 0.05) is 38.3 Å². The Morgan fingerprint density at radius 1 is 1.04 bits per heavy atom. The molecule has 0 aliphatic carbocycles. The zero-order valence-corrected chi connectivity index (χ0v) is 15.5. The predicted molar refractivity (Wildman–Crippen MR) is 98.0 cm³/mol. The van der Waals surface area contributed by atoms with Crippen LogP contribution in [0.1, 0.15) is 11.6 Å². The van der Waals surface area contributed by atoms with E-state index in [0.29, 0.717) is 0 Å².